The lowest BCUT2D eigenvalue weighted by atomic mass is 10.2. The summed E-state index contributed by atoms with van der Waals surface area (Å²) in [7, 11) is 1.52. The van der Waals surface area contributed by atoms with E-state index in [1.54, 1.807) is 24.3 Å². The van der Waals surface area contributed by atoms with Crippen LogP contribution < -0.4 is 14.8 Å². The standard InChI is InChI=1S/C21H17Cl2F2NO2/c1-27-21-9-13(11-26-14-6-7-19(25)17(23)10-14)5-8-20(21)28-12-15-16(22)3-2-4-18(15)24/h2-10,26H,11-12H2,1H3. The van der Waals surface area contributed by atoms with Crippen molar-refractivity contribution in [1.29, 1.82) is 0 Å². The number of rotatable bonds is 7. The molecule has 7 heteroatoms. The Morgan fingerprint density at radius 3 is 2.43 bits per heavy atom. The van der Waals surface area contributed by atoms with Gasteiger partial charge < -0.3 is 14.8 Å². The summed E-state index contributed by atoms with van der Waals surface area (Å²) in [5.74, 6) is 0.0786. The van der Waals surface area contributed by atoms with Gasteiger partial charge in [0.1, 0.15) is 18.2 Å². The van der Waals surface area contributed by atoms with Crippen LogP contribution in [0.2, 0.25) is 10.0 Å². The number of anilines is 1. The first-order valence-corrected chi connectivity index (χ1v) is 9.15. The van der Waals surface area contributed by atoms with Gasteiger partial charge in [-0.2, -0.15) is 0 Å². The average molecular weight is 424 g/mol. The van der Waals surface area contributed by atoms with Gasteiger partial charge in [0.25, 0.3) is 0 Å². The molecular weight excluding hydrogens is 407 g/mol. The third-order valence-electron chi connectivity index (χ3n) is 4.08. The summed E-state index contributed by atoms with van der Waals surface area (Å²) in [5.41, 5.74) is 1.89. The lowest BCUT2D eigenvalue weighted by Crippen LogP contribution is -2.03. The van der Waals surface area contributed by atoms with Crippen LogP contribution >= 0.6 is 23.2 Å². The zero-order chi connectivity index (χ0) is 20.1. The Bertz CT molecular complexity index is 962. The number of methoxy groups -OCH3 is 1. The molecule has 0 amide bonds. The van der Waals surface area contributed by atoms with E-state index in [1.165, 1.54) is 31.4 Å². The van der Waals surface area contributed by atoms with Crippen molar-refractivity contribution in [3.8, 4) is 11.5 Å². The Hall–Kier alpha value is -2.50. The number of hydrogen-bond acceptors (Lipinski definition) is 3. The molecule has 0 aliphatic rings. The smallest absolute Gasteiger partial charge is 0.161 e. The van der Waals surface area contributed by atoms with Gasteiger partial charge in [0.15, 0.2) is 11.5 Å². The lowest BCUT2D eigenvalue weighted by molar-refractivity contribution is 0.279. The number of ether oxygens (including phenoxy) is 2. The minimum atomic E-state index is -0.467. The summed E-state index contributed by atoms with van der Waals surface area (Å²) in [5, 5.41) is 3.52. The normalized spacial score (nSPS) is 10.6. The molecule has 3 nitrogen and oxygen atoms in total. The highest BCUT2D eigenvalue weighted by Crippen LogP contribution is 2.30. The molecule has 0 atom stereocenters. The summed E-state index contributed by atoms with van der Waals surface area (Å²) in [6.45, 7) is 0.450. The highest BCUT2D eigenvalue weighted by Gasteiger charge is 2.11. The van der Waals surface area contributed by atoms with E-state index in [1.807, 2.05) is 6.07 Å². The fraction of sp³-hybridized carbons (Fsp3) is 0.143. The first-order chi connectivity index (χ1) is 13.5. The molecule has 146 valence electrons. The molecule has 0 heterocycles. The van der Waals surface area contributed by atoms with Crippen LogP contribution in [0.1, 0.15) is 11.1 Å². The maximum absolute atomic E-state index is 13.9. The monoisotopic (exact) mass is 423 g/mol. The molecule has 3 aromatic carbocycles. The predicted octanol–water partition coefficient (Wildman–Crippen LogP) is 6.47. The minimum absolute atomic E-state index is 0.0203. The molecule has 3 rings (SSSR count). The Labute approximate surface area is 171 Å². The van der Waals surface area contributed by atoms with E-state index in [-0.39, 0.29) is 17.2 Å². The number of nitrogens with one attached hydrogen (secondary N) is 1. The maximum atomic E-state index is 13.9. The summed E-state index contributed by atoms with van der Waals surface area (Å²) in [4.78, 5) is 0. The highest BCUT2D eigenvalue weighted by molar-refractivity contribution is 6.31. The number of benzene rings is 3. The van der Waals surface area contributed by atoms with Crippen LogP contribution in [0.15, 0.2) is 54.6 Å². The van der Waals surface area contributed by atoms with Crippen molar-refractivity contribution < 1.29 is 18.3 Å². The fourth-order valence-corrected chi connectivity index (χ4v) is 2.97. The largest absolute Gasteiger partial charge is 0.493 e. The van der Waals surface area contributed by atoms with E-state index in [0.29, 0.717) is 28.8 Å². The van der Waals surface area contributed by atoms with Gasteiger partial charge in [-0.3, -0.25) is 0 Å². The van der Waals surface area contributed by atoms with E-state index in [4.69, 9.17) is 32.7 Å². The average Bonchev–Trinajstić information content (AvgIpc) is 2.69. The third kappa shape index (κ3) is 4.86. The first-order valence-electron chi connectivity index (χ1n) is 8.39. The van der Waals surface area contributed by atoms with E-state index < -0.39 is 11.6 Å². The summed E-state index contributed by atoms with van der Waals surface area (Å²) < 4.78 is 38.2. The van der Waals surface area contributed by atoms with Crippen molar-refractivity contribution in [2.45, 2.75) is 13.2 Å². The molecule has 0 unspecified atom stereocenters. The fourth-order valence-electron chi connectivity index (χ4n) is 2.57. The second kappa shape index (κ2) is 9.13. The third-order valence-corrected chi connectivity index (χ3v) is 4.72. The van der Waals surface area contributed by atoms with Crippen LogP contribution in [0, 0.1) is 11.6 Å². The van der Waals surface area contributed by atoms with Crippen LogP contribution in [0.25, 0.3) is 0 Å². The van der Waals surface area contributed by atoms with E-state index in [0.717, 1.165) is 5.56 Å². The minimum Gasteiger partial charge on any atom is -0.493 e. The highest BCUT2D eigenvalue weighted by atomic mass is 35.5. The van der Waals surface area contributed by atoms with Crippen LogP contribution in [0.3, 0.4) is 0 Å². The van der Waals surface area contributed by atoms with Gasteiger partial charge in [0.2, 0.25) is 0 Å². The Morgan fingerprint density at radius 2 is 1.71 bits per heavy atom. The molecule has 0 saturated heterocycles. The van der Waals surface area contributed by atoms with E-state index in [2.05, 4.69) is 5.32 Å². The van der Waals surface area contributed by atoms with Crippen LogP contribution in [0.5, 0.6) is 11.5 Å². The van der Waals surface area contributed by atoms with Crippen molar-refractivity contribution in [1.82, 2.24) is 0 Å². The topological polar surface area (TPSA) is 30.5 Å². The van der Waals surface area contributed by atoms with Gasteiger partial charge in [-0.1, -0.05) is 35.3 Å². The Balaban J connectivity index is 1.68. The maximum Gasteiger partial charge on any atom is 0.161 e. The lowest BCUT2D eigenvalue weighted by Gasteiger charge is -2.14. The van der Waals surface area contributed by atoms with Crippen molar-refractivity contribution >= 4 is 28.9 Å². The van der Waals surface area contributed by atoms with Gasteiger partial charge in [-0.15, -0.1) is 0 Å². The molecular formula is C21H17Cl2F2NO2. The van der Waals surface area contributed by atoms with Crippen molar-refractivity contribution in [3.63, 3.8) is 0 Å². The molecule has 28 heavy (non-hydrogen) atoms. The molecule has 0 aliphatic heterocycles. The SMILES string of the molecule is COc1cc(CNc2ccc(F)c(Cl)c2)ccc1OCc1c(F)cccc1Cl. The van der Waals surface area contributed by atoms with Crippen molar-refractivity contribution in [2.24, 2.45) is 0 Å². The van der Waals surface area contributed by atoms with E-state index in [9.17, 15) is 8.78 Å². The number of halogens is 4. The Kier molecular flexibility index (Phi) is 6.60. The summed E-state index contributed by atoms with van der Waals surface area (Å²) in [6, 6.07) is 14.3. The summed E-state index contributed by atoms with van der Waals surface area (Å²) >= 11 is 11.8. The van der Waals surface area contributed by atoms with Crippen molar-refractivity contribution in [3.05, 3.63) is 87.4 Å². The van der Waals surface area contributed by atoms with Gasteiger partial charge in [0, 0.05) is 17.8 Å². The molecule has 0 saturated carbocycles. The Morgan fingerprint density at radius 1 is 0.893 bits per heavy atom. The summed E-state index contributed by atoms with van der Waals surface area (Å²) in [6.07, 6.45) is 0. The molecule has 0 spiro atoms. The van der Waals surface area contributed by atoms with Crippen LogP contribution in [0.4, 0.5) is 14.5 Å². The second-order valence-corrected chi connectivity index (χ2v) is 6.77. The molecule has 0 radical (unpaired) electrons. The molecule has 1 N–H and O–H groups in total. The molecule has 0 fully saturated rings. The van der Waals surface area contributed by atoms with Gasteiger partial charge in [-0.05, 0) is 48.0 Å². The molecule has 0 bridgehead atoms. The van der Waals surface area contributed by atoms with Crippen LogP contribution in [-0.2, 0) is 13.2 Å². The van der Waals surface area contributed by atoms with Gasteiger partial charge in [0.05, 0.1) is 17.2 Å². The number of hydrogen-bond donors (Lipinski definition) is 1. The van der Waals surface area contributed by atoms with Crippen molar-refractivity contribution in [2.75, 3.05) is 12.4 Å². The molecule has 0 aliphatic carbocycles. The zero-order valence-corrected chi connectivity index (χ0v) is 16.5. The first kappa shape index (κ1) is 20.2. The molecule has 3 aromatic rings. The predicted molar refractivity (Wildman–Crippen MR) is 107 cm³/mol. The quantitative estimate of drug-likeness (QED) is 0.472. The van der Waals surface area contributed by atoms with Crippen LogP contribution in [-0.4, -0.2) is 7.11 Å². The van der Waals surface area contributed by atoms with Gasteiger partial charge in [-0.25, -0.2) is 8.78 Å². The van der Waals surface area contributed by atoms with Gasteiger partial charge >= 0.3 is 0 Å². The second-order valence-electron chi connectivity index (χ2n) is 5.96. The molecule has 0 aromatic heterocycles. The van der Waals surface area contributed by atoms with E-state index >= 15 is 0 Å². The zero-order valence-electron chi connectivity index (χ0n) is 14.9.